The first-order valence-corrected chi connectivity index (χ1v) is 10.2. The van der Waals surface area contributed by atoms with Gasteiger partial charge in [0.2, 0.25) is 11.2 Å². The molecule has 0 spiro atoms. The van der Waals surface area contributed by atoms with Crippen molar-refractivity contribution in [3.05, 3.63) is 87.5 Å². The fourth-order valence-electron chi connectivity index (χ4n) is 3.21. The average Bonchev–Trinajstić information content (AvgIpc) is 2.79. The first-order chi connectivity index (χ1) is 15.4. The van der Waals surface area contributed by atoms with E-state index in [4.69, 9.17) is 25.5 Å². The van der Waals surface area contributed by atoms with Gasteiger partial charge in [-0.05, 0) is 73.2 Å². The molecule has 32 heavy (non-hydrogen) atoms. The third kappa shape index (κ3) is 4.60. The van der Waals surface area contributed by atoms with Gasteiger partial charge in [0.1, 0.15) is 11.3 Å². The maximum absolute atomic E-state index is 13.2. The Morgan fingerprint density at radius 3 is 2.44 bits per heavy atom. The molecule has 0 bridgehead atoms. The van der Waals surface area contributed by atoms with Crippen molar-refractivity contribution in [2.24, 2.45) is 0 Å². The second kappa shape index (κ2) is 9.16. The summed E-state index contributed by atoms with van der Waals surface area (Å²) in [4.78, 5) is 25.6. The van der Waals surface area contributed by atoms with Gasteiger partial charge >= 0.3 is 0 Å². The Bertz CT molecular complexity index is 1330. The molecule has 1 aromatic heterocycles. The van der Waals surface area contributed by atoms with Crippen LogP contribution in [-0.2, 0) is 4.79 Å². The molecule has 0 aliphatic carbocycles. The monoisotopic (exact) mass is 449 g/mol. The largest absolute Gasteiger partial charge is 0.497 e. The molecule has 0 aliphatic heterocycles. The minimum absolute atomic E-state index is 0.0337. The van der Waals surface area contributed by atoms with Crippen molar-refractivity contribution in [3.63, 3.8) is 0 Å². The summed E-state index contributed by atoms with van der Waals surface area (Å²) in [5.41, 5.74) is 2.23. The molecule has 0 saturated heterocycles. The van der Waals surface area contributed by atoms with Crippen molar-refractivity contribution >= 4 is 34.2 Å². The molecule has 4 rings (SSSR count). The molecule has 0 unspecified atom stereocenters. The Morgan fingerprint density at radius 2 is 1.75 bits per heavy atom. The minimum atomic E-state index is -0.416. The number of carbonyl (C=O) groups is 1. The Hall–Kier alpha value is -3.77. The zero-order valence-corrected chi connectivity index (χ0v) is 18.2. The fraction of sp³-hybridized carbons (Fsp3) is 0.120. The second-order valence-corrected chi connectivity index (χ2v) is 7.60. The molecule has 3 aromatic carbocycles. The summed E-state index contributed by atoms with van der Waals surface area (Å²) in [5.74, 6) is 0.465. The maximum atomic E-state index is 13.2. The van der Waals surface area contributed by atoms with Crippen LogP contribution >= 0.6 is 11.6 Å². The molecule has 0 atom stereocenters. The van der Waals surface area contributed by atoms with E-state index in [1.54, 1.807) is 67.8 Å². The highest BCUT2D eigenvalue weighted by molar-refractivity contribution is 6.30. The number of anilines is 1. The smallest absolute Gasteiger partial charge is 0.262 e. The lowest BCUT2D eigenvalue weighted by atomic mass is 10.1. The van der Waals surface area contributed by atoms with Gasteiger partial charge in [-0.25, -0.2) is 0 Å². The SMILES string of the molecule is COc1ccc(NC(=O)COc2c(-c3ccc(Cl)cc3)oc3cc(C)ccc3c2=O)cc1. The third-order valence-corrected chi connectivity index (χ3v) is 5.09. The Balaban J connectivity index is 1.65. The molecular formula is C25H20ClNO5. The zero-order chi connectivity index (χ0) is 22.7. The number of benzene rings is 3. The van der Waals surface area contributed by atoms with Crippen molar-refractivity contribution < 1.29 is 18.7 Å². The van der Waals surface area contributed by atoms with Crippen LogP contribution in [0.5, 0.6) is 11.5 Å². The lowest BCUT2D eigenvalue weighted by Gasteiger charge is -2.12. The summed E-state index contributed by atoms with van der Waals surface area (Å²) in [5, 5.41) is 3.65. The van der Waals surface area contributed by atoms with Gasteiger partial charge in [0.25, 0.3) is 5.91 Å². The van der Waals surface area contributed by atoms with Crippen LogP contribution in [0, 0.1) is 6.92 Å². The van der Waals surface area contributed by atoms with E-state index in [1.165, 1.54) is 0 Å². The van der Waals surface area contributed by atoms with E-state index >= 15 is 0 Å². The standard InChI is InChI=1S/C25H20ClNO5/c1-15-3-12-20-21(13-15)32-24(16-4-6-17(26)7-5-16)25(23(20)29)31-14-22(28)27-18-8-10-19(30-2)11-9-18/h3-13H,14H2,1-2H3,(H,27,28). The quantitative estimate of drug-likeness (QED) is 0.423. The number of halogens is 1. The molecule has 0 saturated carbocycles. The molecule has 162 valence electrons. The predicted octanol–water partition coefficient (Wildman–Crippen LogP) is 5.45. The zero-order valence-electron chi connectivity index (χ0n) is 17.5. The molecule has 6 nitrogen and oxygen atoms in total. The molecule has 1 N–H and O–H groups in total. The number of aryl methyl sites for hydroxylation is 1. The highest BCUT2D eigenvalue weighted by atomic mass is 35.5. The van der Waals surface area contributed by atoms with Gasteiger partial charge in [-0.2, -0.15) is 0 Å². The van der Waals surface area contributed by atoms with Gasteiger partial charge in [0.05, 0.1) is 12.5 Å². The fourth-order valence-corrected chi connectivity index (χ4v) is 3.34. The summed E-state index contributed by atoms with van der Waals surface area (Å²) < 4.78 is 16.8. The van der Waals surface area contributed by atoms with Crippen molar-refractivity contribution in [2.75, 3.05) is 19.0 Å². The highest BCUT2D eigenvalue weighted by Gasteiger charge is 2.19. The second-order valence-electron chi connectivity index (χ2n) is 7.16. The number of nitrogens with one attached hydrogen (secondary N) is 1. The van der Waals surface area contributed by atoms with Crippen LogP contribution in [0.1, 0.15) is 5.56 Å². The van der Waals surface area contributed by atoms with E-state index in [-0.39, 0.29) is 23.5 Å². The van der Waals surface area contributed by atoms with E-state index in [2.05, 4.69) is 5.32 Å². The lowest BCUT2D eigenvalue weighted by molar-refractivity contribution is -0.118. The predicted molar refractivity (Wildman–Crippen MR) is 125 cm³/mol. The Kier molecular flexibility index (Phi) is 6.14. The van der Waals surface area contributed by atoms with Gasteiger partial charge in [-0.15, -0.1) is 0 Å². The van der Waals surface area contributed by atoms with Gasteiger partial charge in [0, 0.05) is 16.3 Å². The summed E-state index contributed by atoms with van der Waals surface area (Å²) in [6.45, 7) is 1.55. The Morgan fingerprint density at radius 1 is 1.03 bits per heavy atom. The van der Waals surface area contributed by atoms with E-state index in [9.17, 15) is 9.59 Å². The molecule has 7 heteroatoms. The summed E-state index contributed by atoms with van der Waals surface area (Å²) in [7, 11) is 1.57. The molecule has 0 fully saturated rings. The summed E-state index contributed by atoms with van der Waals surface area (Å²) in [6.07, 6.45) is 0. The molecule has 1 heterocycles. The number of amides is 1. The number of hydrogen-bond donors (Lipinski definition) is 1. The van der Waals surface area contributed by atoms with E-state index in [0.717, 1.165) is 5.56 Å². The van der Waals surface area contributed by atoms with Gasteiger partial charge in [-0.3, -0.25) is 9.59 Å². The van der Waals surface area contributed by atoms with Crippen LogP contribution in [-0.4, -0.2) is 19.6 Å². The number of carbonyl (C=O) groups excluding carboxylic acids is 1. The molecule has 0 aliphatic rings. The minimum Gasteiger partial charge on any atom is -0.497 e. The van der Waals surface area contributed by atoms with Crippen molar-refractivity contribution in [1.82, 2.24) is 0 Å². The van der Waals surface area contributed by atoms with Crippen molar-refractivity contribution in [1.29, 1.82) is 0 Å². The van der Waals surface area contributed by atoms with Crippen molar-refractivity contribution in [3.8, 4) is 22.8 Å². The summed E-state index contributed by atoms with van der Waals surface area (Å²) >= 11 is 6.00. The number of hydrogen-bond acceptors (Lipinski definition) is 5. The average molecular weight is 450 g/mol. The third-order valence-electron chi connectivity index (χ3n) is 4.83. The van der Waals surface area contributed by atoms with Crippen LogP contribution in [0.25, 0.3) is 22.3 Å². The number of rotatable bonds is 6. The van der Waals surface area contributed by atoms with Gasteiger partial charge in [0.15, 0.2) is 12.4 Å². The molecule has 4 aromatic rings. The first kappa shape index (κ1) is 21.5. The van der Waals surface area contributed by atoms with Crippen molar-refractivity contribution in [2.45, 2.75) is 6.92 Å². The Labute approximate surface area is 189 Å². The van der Waals surface area contributed by atoms with E-state index in [1.807, 2.05) is 13.0 Å². The van der Waals surface area contributed by atoms with Crippen LogP contribution in [0.3, 0.4) is 0 Å². The number of fused-ring (bicyclic) bond motifs is 1. The molecule has 0 radical (unpaired) electrons. The molecular weight excluding hydrogens is 430 g/mol. The van der Waals surface area contributed by atoms with Gasteiger partial charge < -0.3 is 19.2 Å². The van der Waals surface area contributed by atoms with E-state index in [0.29, 0.717) is 33.0 Å². The topological polar surface area (TPSA) is 77.8 Å². The van der Waals surface area contributed by atoms with Gasteiger partial charge in [-0.1, -0.05) is 17.7 Å². The van der Waals surface area contributed by atoms with Crippen LogP contribution < -0.4 is 20.2 Å². The number of ether oxygens (including phenoxy) is 2. The highest BCUT2D eigenvalue weighted by Crippen LogP contribution is 2.32. The summed E-state index contributed by atoms with van der Waals surface area (Å²) in [6, 6.07) is 19.0. The van der Waals surface area contributed by atoms with Crippen LogP contribution in [0.2, 0.25) is 5.02 Å². The normalized spacial score (nSPS) is 10.7. The van der Waals surface area contributed by atoms with Crippen LogP contribution in [0.4, 0.5) is 5.69 Å². The first-order valence-electron chi connectivity index (χ1n) is 9.84. The van der Waals surface area contributed by atoms with E-state index < -0.39 is 5.91 Å². The number of methoxy groups -OCH3 is 1. The lowest BCUT2D eigenvalue weighted by Crippen LogP contribution is -2.22. The van der Waals surface area contributed by atoms with Crippen LogP contribution in [0.15, 0.2) is 75.9 Å². The molecule has 1 amide bonds. The maximum Gasteiger partial charge on any atom is 0.262 e.